The molecule has 0 aliphatic heterocycles. The van der Waals surface area contributed by atoms with Crippen molar-refractivity contribution in [2.24, 2.45) is 0 Å². The maximum atomic E-state index is 11.1. The van der Waals surface area contributed by atoms with Gasteiger partial charge in [-0.3, -0.25) is 4.79 Å². The zero-order valence-corrected chi connectivity index (χ0v) is 11.5. The molecule has 0 saturated heterocycles. The highest BCUT2D eigenvalue weighted by Gasteiger charge is 2.09. The van der Waals surface area contributed by atoms with Crippen molar-refractivity contribution in [3.05, 3.63) is 30.1 Å². The Bertz CT molecular complexity index is 582. The van der Waals surface area contributed by atoms with E-state index in [9.17, 15) is 4.79 Å². The van der Waals surface area contributed by atoms with Gasteiger partial charge >= 0.3 is 0 Å². The molecule has 0 saturated carbocycles. The van der Waals surface area contributed by atoms with Crippen molar-refractivity contribution in [2.75, 3.05) is 5.32 Å². The fraction of sp³-hybridized carbons (Fsp3) is 0.385. The Balaban J connectivity index is 2.06. The van der Waals surface area contributed by atoms with Crippen LogP contribution in [-0.4, -0.2) is 26.1 Å². The maximum absolute atomic E-state index is 11.1. The Kier molecular flexibility index (Phi) is 4.65. The van der Waals surface area contributed by atoms with Crippen LogP contribution in [0.3, 0.4) is 0 Å². The number of aryl methyl sites for hydroxylation is 1. The molecule has 1 N–H and O–H groups in total. The van der Waals surface area contributed by atoms with Crippen LogP contribution >= 0.6 is 0 Å². The predicted molar refractivity (Wildman–Crippen MR) is 73.2 cm³/mol. The summed E-state index contributed by atoms with van der Waals surface area (Å²) in [4.78, 5) is 11.1. The summed E-state index contributed by atoms with van der Waals surface area (Å²) in [5.41, 5.74) is 0.634. The van der Waals surface area contributed by atoms with Crippen LogP contribution in [0.4, 0.5) is 5.69 Å². The molecule has 0 radical (unpaired) electrons. The first-order valence-corrected chi connectivity index (χ1v) is 6.45. The van der Waals surface area contributed by atoms with Crippen molar-refractivity contribution < 1.29 is 9.53 Å². The van der Waals surface area contributed by atoms with Crippen LogP contribution in [0.15, 0.2) is 24.3 Å². The van der Waals surface area contributed by atoms with Crippen LogP contribution in [0, 0.1) is 0 Å². The quantitative estimate of drug-likeness (QED) is 0.866. The molecule has 2 aromatic rings. The minimum atomic E-state index is -0.142. The van der Waals surface area contributed by atoms with E-state index in [1.807, 2.05) is 12.1 Å². The van der Waals surface area contributed by atoms with Gasteiger partial charge in [0.05, 0.1) is 5.69 Å². The molecule has 1 amide bonds. The number of carbonyl (C=O) groups excluding carboxylic acids is 1. The molecule has 1 aromatic heterocycles. The zero-order chi connectivity index (χ0) is 14.4. The van der Waals surface area contributed by atoms with Crippen LogP contribution in [0.5, 0.6) is 5.75 Å². The van der Waals surface area contributed by atoms with E-state index < -0.39 is 0 Å². The number of para-hydroxylation sites is 2. The molecule has 20 heavy (non-hydrogen) atoms. The summed E-state index contributed by atoms with van der Waals surface area (Å²) in [6, 6.07) is 7.25. The van der Waals surface area contributed by atoms with E-state index in [-0.39, 0.29) is 12.5 Å². The molecule has 0 fully saturated rings. The van der Waals surface area contributed by atoms with Gasteiger partial charge in [0.2, 0.25) is 5.91 Å². The van der Waals surface area contributed by atoms with Crippen molar-refractivity contribution in [3.63, 3.8) is 0 Å². The van der Waals surface area contributed by atoms with E-state index >= 15 is 0 Å². The number of benzene rings is 1. The van der Waals surface area contributed by atoms with Gasteiger partial charge < -0.3 is 10.1 Å². The van der Waals surface area contributed by atoms with Crippen molar-refractivity contribution in [1.82, 2.24) is 20.2 Å². The van der Waals surface area contributed by atoms with Gasteiger partial charge in [-0.15, -0.1) is 5.10 Å². The minimum absolute atomic E-state index is 0.142. The number of aromatic nitrogens is 4. The number of carbonyl (C=O) groups is 1. The van der Waals surface area contributed by atoms with Gasteiger partial charge in [-0.25, -0.2) is 4.68 Å². The van der Waals surface area contributed by atoms with Crippen molar-refractivity contribution in [2.45, 2.75) is 33.4 Å². The van der Waals surface area contributed by atoms with E-state index in [2.05, 4.69) is 27.8 Å². The Labute approximate surface area is 116 Å². The number of anilines is 1. The van der Waals surface area contributed by atoms with Crippen LogP contribution in [0.1, 0.15) is 26.1 Å². The predicted octanol–water partition coefficient (Wildman–Crippen LogP) is 1.62. The van der Waals surface area contributed by atoms with Crippen LogP contribution in [0.25, 0.3) is 0 Å². The fourth-order valence-corrected chi connectivity index (χ4v) is 1.74. The van der Waals surface area contributed by atoms with Gasteiger partial charge in [0.15, 0.2) is 5.82 Å². The molecule has 1 aromatic carbocycles. The molecule has 0 atom stereocenters. The van der Waals surface area contributed by atoms with Crippen LogP contribution in [0.2, 0.25) is 0 Å². The van der Waals surface area contributed by atoms with E-state index in [1.165, 1.54) is 6.92 Å². The van der Waals surface area contributed by atoms with Gasteiger partial charge in [0.1, 0.15) is 12.4 Å². The van der Waals surface area contributed by atoms with E-state index in [0.29, 0.717) is 17.3 Å². The number of amides is 1. The standard InChI is InChI=1S/C13H17N5O2/c1-3-8-18-13(15-16-17-18)9-20-12-7-5-4-6-11(12)14-10(2)19/h4-7H,3,8-9H2,1-2H3,(H,14,19). The number of hydrogen-bond acceptors (Lipinski definition) is 5. The molecular formula is C13H17N5O2. The highest BCUT2D eigenvalue weighted by Crippen LogP contribution is 2.24. The molecule has 0 aliphatic carbocycles. The number of nitrogens with zero attached hydrogens (tertiary/aromatic N) is 4. The van der Waals surface area contributed by atoms with E-state index in [1.54, 1.807) is 16.8 Å². The lowest BCUT2D eigenvalue weighted by Gasteiger charge is -2.11. The summed E-state index contributed by atoms with van der Waals surface area (Å²) >= 11 is 0. The molecule has 1 heterocycles. The number of tetrazole rings is 1. The smallest absolute Gasteiger partial charge is 0.221 e. The molecule has 7 nitrogen and oxygen atoms in total. The summed E-state index contributed by atoms with van der Waals surface area (Å²) in [5, 5.41) is 14.2. The van der Waals surface area contributed by atoms with Crippen LogP contribution < -0.4 is 10.1 Å². The van der Waals surface area contributed by atoms with Gasteiger partial charge in [-0.2, -0.15) is 0 Å². The van der Waals surface area contributed by atoms with Gasteiger partial charge in [-0.1, -0.05) is 19.1 Å². The first kappa shape index (κ1) is 14.0. The fourth-order valence-electron chi connectivity index (χ4n) is 1.74. The van der Waals surface area contributed by atoms with Gasteiger partial charge in [-0.05, 0) is 29.0 Å². The van der Waals surface area contributed by atoms with E-state index in [0.717, 1.165) is 13.0 Å². The molecule has 0 unspecified atom stereocenters. The topological polar surface area (TPSA) is 81.9 Å². The molecule has 106 valence electrons. The lowest BCUT2D eigenvalue weighted by molar-refractivity contribution is -0.114. The Morgan fingerprint density at radius 3 is 2.95 bits per heavy atom. The summed E-state index contributed by atoms with van der Waals surface area (Å²) in [6.45, 7) is 4.51. The summed E-state index contributed by atoms with van der Waals surface area (Å²) in [5.74, 6) is 1.11. The average Bonchev–Trinajstić information content (AvgIpc) is 2.85. The van der Waals surface area contributed by atoms with Crippen molar-refractivity contribution >= 4 is 11.6 Å². The summed E-state index contributed by atoms with van der Waals surface area (Å²) in [6.07, 6.45) is 0.945. The molecule has 7 heteroatoms. The SMILES string of the molecule is CCCn1nnnc1COc1ccccc1NC(C)=O. The minimum Gasteiger partial charge on any atom is -0.483 e. The highest BCUT2D eigenvalue weighted by atomic mass is 16.5. The largest absolute Gasteiger partial charge is 0.483 e. The number of ether oxygens (including phenoxy) is 1. The number of rotatable bonds is 6. The lowest BCUT2D eigenvalue weighted by Crippen LogP contribution is -2.10. The highest BCUT2D eigenvalue weighted by molar-refractivity contribution is 5.90. The maximum Gasteiger partial charge on any atom is 0.221 e. The first-order valence-electron chi connectivity index (χ1n) is 6.45. The number of nitrogens with one attached hydrogen (secondary N) is 1. The van der Waals surface area contributed by atoms with Crippen LogP contribution in [-0.2, 0) is 17.9 Å². The second-order valence-corrected chi connectivity index (χ2v) is 4.28. The summed E-state index contributed by atoms with van der Waals surface area (Å²) < 4.78 is 7.40. The number of hydrogen-bond donors (Lipinski definition) is 1. The third-order valence-electron chi connectivity index (χ3n) is 2.60. The Hall–Kier alpha value is -2.44. The van der Waals surface area contributed by atoms with Gasteiger partial charge in [0.25, 0.3) is 0 Å². The lowest BCUT2D eigenvalue weighted by atomic mass is 10.3. The first-order chi connectivity index (χ1) is 9.70. The Morgan fingerprint density at radius 1 is 1.40 bits per heavy atom. The molecular weight excluding hydrogens is 258 g/mol. The average molecular weight is 275 g/mol. The third-order valence-corrected chi connectivity index (χ3v) is 2.60. The Morgan fingerprint density at radius 2 is 2.20 bits per heavy atom. The molecule has 0 aliphatic rings. The molecule has 0 spiro atoms. The van der Waals surface area contributed by atoms with Crippen molar-refractivity contribution in [1.29, 1.82) is 0 Å². The van der Waals surface area contributed by atoms with Gasteiger partial charge in [0, 0.05) is 13.5 Å². The van der Waals surface area contributed by atoms with Crippen molar-refractivity contribution in [3.8, 4) is 5.75 Å². The second-order valence-electron chi connectivity index (χ2n) is 4.28. The molecule has 0 bridgehead atoms. The third kappa shape index (κ3) is 3.53. The second kappa shape index (κ2) is 6.65. The zero-order valence-electron chi connectivity index (χ0n) is 11.5. The monoisotopic (exact) mass is 275 g/mol. The summed E-state index contributed by atoms with van der Waals surface area (Å²) in [7, 11) is 0. The molecule has 2 rings (SSSR count). The van der Waals surface area contributed by atoms with E-state index in [4.69, 9.17) is 4.74 Å². The normalized spacial score (nSPS) is 10.3.